The molecule has 2 saturated heterocycles. The van der Waals surface area contributed by atoms with E-state index in [1.165, 1.54) is 10.5 Å². The van der Waals surface area contributed by atoms with E-state index in [0.717, 1.165) is 48.1 Å². The van der Waals surface area contributed by atoms with Crippen molar-refractivity contribution in [1.82, 2.24) is 4.90 Å². The molecule has 38 heavy (non-hydrogen) atoms. The number of benzene rings is 2. The number of rotatable bonds is 9. The van der Waals surface area contributed by atoms with Crippen LogP contribution in [0.2, 0.25) is 5.02 Å². The lowest BCUT2D eigenvalue weighted by Gasteiger charge is -2.32. The van der Waals surface area contributed by atoms with E-state index in [1.54, 1.807) is 19.2 Å². The van der Waals surface area contributed by atoms with Gasteiger partial charge in [0.1, 0.15) is 18.1 Å². The number of para-hydroxylation sites is 1. The number of carbonyl (C=O) groups excluding carboxylic acids is 2. The van der Waals surface area contributed by atoms with Crippen molar-refractivity contribution < 1.29 is 24.2 Å². The van der Waals surface area contributed by atoms with E-state index in [4.69, 9.17) is 21.1 Å². The lowest BCUT2D eigenvalue weighted by Crippen LogP contribution is -2.35. The third kappa shape index (κ3) is 5.25. The van der Waals surface area contributed by atoms with Gasteiger partial charge in [-0.05, 0) is 72.7 Å². The molecule has 0 saturated carbocycles. The molecule has 0 spiro atoms. The summed E-state index contributed by atoms with van der Waals surface area (Å²) >= 11 is 6.37. The predicted octanol–water partition coefficient (Wildman–Crippen LogP) is 6.03. The first-order valence-corrected chi connectivity index (χ1v) is 13.8. The number of nitrogens with zero attached hydrogens (tertiary/aromatic N) is 1. The van der Waals surface area contributed by atoms with E-state index in [9.17, 15) is 14.7 Å². The van der Waals surface area contributed by atoms with Crippen LogP contribution < -0.4 is 4.74 Å². The molecule has 1 aliphatic carbocycles. The Balaban J connectivity index is 1.40. The van der Waals surface area contributed by atoms with Gasteiger partial charge in [0.2, 0.25) is 11.8 Å². The van der Waals surface area contributed by atoms with Gasteiger partial charge >= 0.3 is 0 Å². The van der Waals surface area contributed by atoms with Crippen LogP contribution in [0.4, 0.5) is 0 Å². The molecule has 2 amide bonds. The van der Waals surface area contributed by atoms with Crippen LogP contribution in [0, 0.1) is 17.8 Å². The highest BCUT2D eigenvalue weighted by Crippen LogP contribution is 2.49. The Hall–Kier alpha value is -3.09. The summed E-state index contributed by atoms with van der Waals surface area (Å²) in [5, 5.41) is 10.2. The maximum absolute atomic E-state index is 13.1. The third-order valence-corrected chi connectivity index (χ3v) is 8.35. The maximum atomic E-state index is 13.1. The summed E-state index contributed by atoms with van der Waals surface area (Å²) in [7, 11) is 1.59. The normalized spacial score (nSPS) is 25.1. The number of phenolic OH excluding ortho intramolecular Hbond substituents is 1. The van der Waals surface area contributed by atoms with Crippen molar-refractivity contribution in [3.63, 3.8) is 0 Å². The molecular formula is C31H34ClNO5. The zero-order valence-electron chi connectivity index (χ0n) is 21.9. The summed E-state index contributed by atoms with van der Waals surface area (Å²) in [6.45, 7) is 2.97. The van der Waals surface area contributed by atoms with Gasteiger partial charge < -0.3 is 14.6 Å². The first-order valence-electron chi connectivity index (χ1n) is 13.4. The fourth-order valence-electron chi connectivity index (χ4n) is 6.21. The van der Waals surface area contributed by atoms with Crippen LogP contribution in [-0.4, -0.2) is 48.2 Å². The van der Waals surface area contributed by atoms with E-state index >= 15 is 0 Å². The Bertz CT molecular complexity index is 1270. The van der Waals surface area contributed by atoms with E-state index in [-0.39, 0.29) is 41.4 Å². The number of carbonyl (C=O) groups is 2. The van der Waals surface area contributed by atoms with Crippen molar-refractivity contribution in [3.05, 3.63) is 75.8 Å². The van der Waals surface area contributed by atoms with Crippen LogP contribution in [0.25, 0.3) is 6.08 Å². The van der Waals surface area contributed by atoms with Gasteiger partial charge in [-0.2, -0.15) is 0 Å². The highest BCUT2D eigenvalue weighted by Gasteiger charge is 2.56. The first kappa shape index (κ1) is 26.5. The van der Waals surface area contributed by atoms with Gasteiger partial charge in [0, 0.05) is 13.0 Å². The van der Waals surface area contributed by atoms with Gasteiger partial charge in [-0.25, -0.2) is 0 Å². The topological polar surface area (TPSA) is 76.1 Å². The molecule has 200 valence electrons. The first-order chi connectivity index (χ1) is 18.4. The average molecular weight is 536 g/mol. The van der Waals surface area contributed by atoms with Gasteiger partial charge in [-0.1, -0.05) is 54.8 Å². The third-order valence-electron chi connectivity index (χ3n) is 8.03. The second-order valence-corrected chi connectivity index (χ2v) is 10.9. The van der Waals surface area contributed by atoms with Crippen LogP contribution in [0.1, 0.15) is 44.6 Å². The molecule has 2 aromatic carbocycles. The number of ether oxygens (including phenoxy) is 2. The number of likely N-dealkylation sites (tertiary alicyclic amines) is 1. The molecule has 2 heterocycles. The second kappa shape index (κ2) is 11.3. The molecule has 4 atom stereocenters. The van der Waals surface area contributed by atoms with Crippen LogP contribution in [0.15, 0.2) is 65.3 Å². The number of phenols is 1. The van der Waals surface area contributed by atoms with Crippen molar-refractivity contribution >= 4 is 29.5 Å². The largest absolute Gasteiger partial charge is 0.508 e. The highest BCUT2D eigenvalue weighted by molar-refractivity contribution is 6.32. The number of hydrogen-bond acceptors (Lipinski definition) is 5. The summed E-state index contributed by atoms with van der Waals surface area (Å²) in [6.07, 6.45) is 6.03. The molecule has 7 heteroatoms. The Labute approximate surface area is 228 Å². The minimum Gasteiger partial charge on any atom is -0.508 e. The number of fused-ring (bicyclic) bond motifs is 3. The van der Waals surface area contributed by atoms with Crippen LogP contribution in [0.3, 0.4) is 0 Å². The summed E-state index contributed by atoms with van der Waals surface area (Å²) < 4.78 is 12.5. The number of aromatic hydroxyl groups is 1. The van der Waals surface area contributed by atoms with Gasteiger partial charge in [0.05, 0.1) is 29.6 Å². The van der Waals surface area contributed by atoms with Crippen molar-refractivity contribution in [2.75, 3.05) is 20.3 Å². The lowest BCUT2D eigenvalue weighted by molar-refractivity contribution is -0.138. The molecule has 0 radical (unpaired) electrons. The molecule has 0 bridgehead atoms. The van der Waals surface area contributed by atoms with Crippen molar-refractivity contribution in [2.24, 2.45) is 17.8 Å². The molecule has 0 unspecified atom stereocenters. The molecule has 0 aromatic heterocycles. The van der Waals surface area contributed by atoms with Crippen molar-refractivity contribution in [3.8, 4) is 11.5 Å². The fourth-order valence-corrected chi connectivity index (χ4v) is 6.44. The minimum atomic E-state index is -0.352. The Kier molecular flexibility index (Phi) is 7.91. The van der Waals surface area contributed by atoms with Crippen molar-refractivity contribution in [1.29, 1.82) is 0 Å². The zero-order valence-corrected chi connectivity index (χ0v) is 22.6. The molecule has 2 aromatic rings. The molecular weight excluding hydrogens is 502 g/mol. The Morgan fingerprint density at radius 1 is 1.13 bits per heavy atom. The smallest absolute Gasteiger partial charge is 0.233 e. The Morgan fingerprint density at radius 2 is 1.92 bits per heavy atom. The lowest BCUT2D eigenvalue weighted by atomic mass is 9.69. The molecule has 6 nitrogen and oxygen atoms in total. The number of imide groups is 1. The van der Waals surface area contributed by atoms with Gasteiger partial charge in [-0.3, -0.25) is 14.5 Å². The number of hydrogen-bond donors (Lipinski definition) is 1. The number of halogens is 1. The van der Waals surface area contributed by atoms with Crippen LogP contribution in [-0.2, 0) is 14.3 Å². The zero-order chi connectivity index (χ0) is 26.8. The summed E-state index contributed by atoms with van der Waals surface area (Å²) in [5.74, 6) is -0.0613. The summed E-state index contributed by atoms with van der Waals surface area (Å²) in [4.78, 5) is 27.3. The standard InChI is InChI=1S/C31H34ClNO5/c1-3-7-19(14-20-11-12-22(34)16-26(20)32)10-13-27-28-21(17-37-23-8-5-4-6-9-23)15-24-29(25(28)18-38-27)31(36)33(2)30(24)35/h4-6,8-9,11-12,14,16,24-25,27,29,34H,3,7,10,13,15,17-18H2,1-2H3/b19-14+/t24-,25+,27-,29-/m1/s1. The van der Waals surface area contributed by atoms with Gasteiger partial charge in [0.15, 0.2) is 0 Å². The van der Waals surface area contributed by atoms with E-state index < -0.39 is 0 Å². The fraction of sp³-hybridized carbons (Fsp3) is 0.419. The van der Waals surface area contributed by atoms with Gasteiger partial charge in [0.25, 0.3) is 0 Å². The van der Waals surface area contributed by atoms with Gasteiger partial charge in [-0.15, -0.1) is 0 Å². The summed E-state index contributed by atoms with van der Waals surface area (Å²) in [5.41, 5.74) is 4.38. The summed E-state index contributed by atoms with van der Waals surface area (Å²) in [6, 6.07) is 14.7. The quantitative estimate of drug-likeness (QED) is 0.313. The molecule has 1 N–H and O–H groups in total. The average Bonchev–Trinajstić information content (AvgIpc) is 3.43. The molecule has 2 fully saturated rings. The Morgan fingerprint density at radius 3 is 2.66 bits per heavy atom. The predicted molar refractivity (Wildman–Crippen MR) is 147 cm³/mol. The highest BCUT2D eigenvalue weighted by atomic mass is 35.5. The van der Waals surface area contributed by atoms with E-state index in [1.807, 2.05) is 36.4 Å². The minimum absolute atomic E-state index is 0.0942. The number of amides is 2. The number of allylic oxidation sites excluding steroid dienone is 1. The van der Waals surface area contributed by atoms with E-state index in [2.05, 4.69) is 13.0 Å². The second-order valence-electron chi connectivity index (χ2n) is 10.5. The molecule has 3 aliphatic rings. The molecule has 2 aliphatic heterocycles. The maximum Gasteiger partial charge on any atom is 0.233 e. The van der Waals surface area contributed by atoms with Crippen LogP contribution in [0.5, 0.6) is 11.5 Å². The van der Waals surface area contributed by atoms with Crippen LogP contribution >= 0.6 is 11.6 Å². The monoisotopic (exact) mass is 535 g/mol. The van der Waals surface area contributed by atoms with Crippen molar-refractivity contribution in [2.45, 2.75) is 45.1 Å². The SMILES string of the molecule is CCC/C(=C\c1ccc(O)cc1Cl)CC[C@H]1OC[C@H]2C1=C(COc1ccccc1)C[C@H]1C(=O)N(C)C(=O)[C@H]12. The van der Waals surface area contributed by atoms with E-state index in [0.29, 0.717) is 24.7 Å². The molecule has 5 rings (SSSR count).